The molecule has 1 rings (SSSR count). The molecule has 0 amide bonds. The highest BCUT2D eigenvalue weighted by atomic mass is 79.9. The Labute approximate surface area is 113 Å². The van der Waals surface area contributed by atoms with Crippen LogP contribution in [0.4, 0.5) is 5.69 Å². The van der Waals surface area contributed by atoms with Crippen LogP contribution in [-0.2, 0) is 9.53 Å². The molecule has 0 fully saturated rings. The number of methoxy groups -OCH3 is 1. The van der Waals surface area contributed by atoms with Crippen molar-refractivity contribution in [3.63, 3.8) is 0 Å². The lowest BCUT2D eigenvalue weighted by atomic mass is 10.1. The number of halogens is 2. The van der Waals surface area contributed by atoms with Crippen molar-refractivity contribution in [1.29, 1.82) is 0 Å². The number of esters is 1. The predicted octanol–water partition coefficient (Wildman–Crippen LogP) is 2.44. The Kier molecular flexibility index (Phi) is 4.80. The molecule has 6 heteroatoms. The number of aliphatic hydroxyl groups is 1. The highest BCUT2D eigenvalue weighted by Crippen LogP contribution is 2.26. The number of rotatable bonds is 4. The Bertz CT molecular complexity index is 423. The minimum absolute atomic E-state index is 0.0264. The molecule has 2 N–H and O–H groups in total. The van der Waals surface area contributed by atoms with Gasteiger partial charge in [0, 0.05) is 9.50 Å². The van der Waals surface area contributed by atoms with Gasteiger partial charge in [0.05, 0.1) is 19.3 Å². The molecule has 0 spiro atoms. The van der Waals surface area contributed by atoms with Crippen molar-refractivity contribution >= 4 is 39.2 Å². The normalized spacial score (nSPS) is 13.9. The molecule has 0 saturated heterocycles. The van der Waals surface area contributed by atoms with E-state index >= 15 is 0 Å². The zero-order valence-electron chi connectivity index (χ0n) is 9.46. The lowest BCUT2D eigenvalue weighted by Gasteiger charge is -2.21. The first-order valence-electron chi connectivity index (χ1n) is 4.86. The minimum atomic E-state index is -1.59. The summed E-state index contributed by atoms with van der Waals surface area (Å²) in [5, 5.41) is 13.3. The van der Waals surface area contributed by atoms with Crippen molar-refractivity contribution in [1.82, 2.24) is 0 Å². The monoisotopic (exact) mass is 321 g/mol. The summed E-state index contributed by atoms with van der Waals surface area (Å²) in [5.41, 5.74) is -0.891. The summed E-state index contributed by atoms with van der Waals surface area (Å²) in [6.07, 6.45) is 0. The fraction of sp³-hybridized carbons (Fsp3) is 0.364. The molecule has 94 valence electrons. The summed E-state index contributed by atoms with van der Waals surface area (Å²) < 4.78 is 5.28. The van der Waals surface area contributed by atoms with E-state index in [1.54, 1.807) is 18.2 Å². The smallest absolute Gasteiger partial charge is 0.339 e. The number of carbonyl (C=O) groups excluding carboxylic acids is 1. The molecule has 1 atom stereocenters. The number of ether oxygens (including phenoxy) is 1. The SMILES string of the molecule is COC(=O)C(C)(O)CNc1cc(Cl)ccc1Br. The van der Waals surface area contributed by atoms with Gasteiger partial charge in [-0.05, 0) is 41.1 Å². The van der Waals surface area contributed by atoms with Crippen LogP contribution in [0.1, 0.15) is 6.92 Å². The summed E-state index contributed by atoms with van der Waals surface area (Å²) in [5.74, 6) is -0.692. The third kappa shape index (κ3) is 3.87. The van der Waals surface area contributed by atoms with E-state index < -0.39 is 11.6 Å². The molecule has 1 aromatic carbocycles. The van der Waals surface area contributed by atoms with Crippen molar-refractivity contribution in [2.75, 3.05) is 19.0 Å². The Morgan fingerprint density at radius 1 is 1.65 bits per heavy atom. The van der Waals surface area contributed by atoms with Crippen molar-refractivity contribution < 1.29 is 14.6 Å². The lowest BCUT2D eigenvalue weighted by molar-refractivity contribution is -0.158. The lowest BCUT2D eigenvalue weighted by Crippen LogP contribution is -2.42. The van der Waals surface area contributed by atoms with Crippen LogP contribution in [0.2, 0.25) is 5.02 Å². The molecule has 17 heavy (non-hydrogen) atoms. The van der Waals surface area contributed by atoms with E-state index in [0.717, 1.165) is 4.47 Å². The van der Waals surface area contributed by atoms with Gasteiger partial charge in [0.2, 0.25) is 0 Å². The summed E-state index contributed by atoms with van der Waals surface area (Å²) >= 11 is 9.18. The van der Waals surface area contributed by atoms with Gasteiger partial charge in [0.1, 0.15) is 0 Å². The van der Waals surface area contributed by atoms with E-state index in [9.17, 15) is 9.90 Å². The van der Waals surface area contributed by atoms with Crippen LogP contribution in [0.3, 0.4) is 0 Å². The van der Waals surface area contributed by atoms with Crippen molar-refractivity contribution in [3.8, 4) is 0 Å². The third-order valence-corrected chi connectivity index (χ3v) is 3.10. The van der Waals surface area contributed by atoms with Gasteiger partial charge in [-0.3, -0.25) is 0 Å². The maximum Gasteiger partial charge on any atom is 0.339 e. The molecule has 1 unspecified atom stereocenters. The first-order valence-corrected chi connectivity index (χ1v) is 6.03. The van der Waals surface area contributed by atoms with Gasteiger partial charge < -0.3 is 15.2 Å². The highest BCUT2D eigenvalue weighted by Gasteiger charge is 2.31. The van der Waals surface area contributed by atoms with Gasteiger partial charge in [-0.25, -0.2) is 4.79 Å². The topological polar surface area (TPSA) is 58.6 Å². The zero-order chi connectivity index (χ0) is 13.1. The van der Waals surface area contributed by atoms with Crippen molar-refractivity contribution in [3.05, 3.63) is 27.7 Å². The summed E-state index contributed by atoms with van der Waals surface area (Å²) in [7, 11) is 1.23. The first kappa shape index (κ1) is 14.3. The van der Waals surface area contributed by atoms with E-state index in [-0.39, 0.29) is 6.54 Å². The zero-order valence-corrected chi connectivity index (χ0v) is 11.8. The molecule has 0 aromatic heterocycles. The van der Waals surface area contributed by atoms with E-state index in [4.69, 9.17) is 11.6 Å². The first-order chi connectivity index (χ1) is 7.86. The number of benzene rings is 1. The molecule has 0 saturated carbocycles. The van der Waals surface area contributed by atoms with E-state index in [2.05, 4.69) is 26.0 Å². The second kappa shape index (κ2) is 5.71. The molecule has 0 aliphatic rings. The summed E-state index contributed by atoms with van der Waals surface area (Å²) in [4.78, 5) is 11.3. The maximum atomic E-state index is 11.3. The van der Waals surface area contributed by atoms with Crippen LogP contribution in [0.25, 0.3) is 0 Å². The minimum Gasteiger partial charge on any atom is -0.467 e. The van der Waals surface area contributed by atoms with E-state index in [1.165, 1.54) is 14.0 Å². The molecule has 0 radical (unpaired) electrons. The Balaban J connectivity index is 2.73. The predicted molar refractivity (Wildman–Crippen MR) is 70.3 cm³/mol. The number of hydrogen-bond donors (Lipinski definition) is 2. The number of anilines is 1. The number of nitrogens with one attached hydrogen (secondary N) is 1. The van der Waals surface area contributed by atoms with Crippen LogP contribution in [0.5, 0.6) is 0 Å². The Morgan fingerprint density at radius 2 is 2.29 bits per heavy atom. The number of hydrogen-bond acceptors (Lipinski definition) is 4. The molecule has 0 aliphatic carbocycles. The van der Waals surface area contributed by atoms with Crippen molar-refractivity contribution in [2.45, 2.75) is 12.5 Å². The van der Waals surface area contributed by atoms with E-state index in [1.807, 2.05) is 0 Å². The van der Waals surface area contributed by atoms with Crippen LogP contribution in [-0.4, -0.2) is 30.3 Å². The molecule has 0 bridgehead atoms. The van der Waals surface area contributed by atoms with Gasteiger partial charge in [0.25, 0.3) is 0 Å². The molecule has 1 aromatic rings. The van der Waals surface area contributed by atoms with Crippen molar-refractivity contribution in [2.24, 2.45) is 0 Å². The van der Waals surface area contributed by atoms with Crippen LogP contribution >= 0.6 is 27.5 Å². The summed E-state index contributed by atoms with van der Waals surface area (Å²) in [6, 6.07) is 5.20. The Morgan fingerprint density at radius 3 is 2.88 bits per heavy atom. The van der Waals surface area contributed by atoms with E-state index in [0.29, 0.717) is 10.7 Å². The van der Waals surface area contributed by atoms with Gasteiger partial charge >= 0.3 is 5.97 Å². The fourth-order valence-corrected chi connectivity index (χ4v) is 1.75. The quantitative estimate of drug-likeness (QED) is 0.836. The molecule has 0 heterocycles. The molecular weight excluding hydrogens is 309 g/mol. The second-order valence-corrected chi connectivity index (χ2v) is 5.03. The fourth-order valence-electron chi connectivity index (χ4n) is 1.19. The average molecular weight is 323 g/mol. The second-order valence-electron chi connectivity index (χ2n) is 3.74. The summed E-state index contributed by atoms with van der Waals surface area (Å²) in [6.45, 7) is 1.41. The van der Waals surface area contributed by atoms with Gasteiger partial charge in [-0.2, -0.15) is 0 Å². The average Bonchev–Trinajstić information content (AvgIpc) is 2.29. The van der Waals surface area contributed by atoms with Gasteiger partial charge in [-0.1, -0.05) is 11.6 Å². The van der Waals surface area contributed by atoms with Crippen LogP contribution < -0.4 is 5.32 Å². The third-order valence-electron chi connectivity index (χ3n) is 2.18. The molecule has 4 nitrogen and oxygen atoms in total. The molecular formula is C11H13BrClNO3. The molecule has 0 aliphatic heterocycles. The largest absolute Gasteiger partial charge is 0.467 e. The number of carbonyl (C=O) groups is 1. The maximum absolute atomic E-state index is 11.3. The van der Waals surface area contributed by atoms with Gasteiger partial charge in [-0.15, -0.1) is 0 Å². The standard InChI is InChI=1S/C11H13BrClNO3/c1-11(16,10(15)17-2)6-14-9-5-7(13)3-4-8(9)12/h3-5,14,16H,6H2,1-2H3. The Hall–Kier alpha value is -0.780. The van der Waals surface area contributed by atoms with Gasteiger partial charge in [0.15, 0.2) is 5.60 Å². The van der Waals surface area contributed by atoms with Crippen LogP contribution in [0.15, 0.2) is 22.7 Å². The van der Waals surface area contributed by atoms with Crippen LogP contribution in [0, 0.1) is 0 Å². The highest BCUT2D eigenvalue weighted by molar-refractivity contribution is 9.10.